The number of carboxylic acids is 1. The number of aromatic carboxylic acids is 1. The topological polar surface area (TPSA) is 134 Å². The molecule has 0 saturated carbocycles. The summed E-state index contributed by atoms with van der Waals surface area (Å²) in [6.07, 6.45) is 3.87. The number of phenols is 1. The summed E-state index contributed by atoms with van der Waals surface area (Å²) >= 11 is 0. The zero-order valence-corrected chi connectivity index (χ0v) is 27.6. The second-order valence-electron chi connectivity index (χ2n) is 13.4. The SMILES string of the molecule is CCc1ccc(CC[C@H](C)[C@@H](O)[C@@H](C)C(=O)[C@@H](CC)[C@@H]2O[C@@](CC)([C@H]3CC[C@@](O)(CC)[C@@H](C)O3)C[C@H]2C)c(C(=O)O)c1O. The van der Waals surface area contributed by atoms with E-state index < -0.39 is 29.2 Å². The highest BCUT2D eigenvalue weighted by Crippen LogP contribution is 2.48. The molecule has 0 unspecified atom stereocenters. The van der Waals surface area contributed by atoms with Gasteiger partial charge in [-0.05, 0) is 87.7 Å². The lowest BCUT2D eigenvalue weighted by molar-refractivity contribution is -0.229. The van der Waals surface area contributed by atoms with Gasteiger partial charge in [-0.3, -0.25) is 4.79 Å². The number of Topliss-reactive ketones (excluding diaryl/α,β-unsaturated/α-hetero) is 1. The van der Waals surface area contributed by atoms with E-state index in [2.05, 4.69) is 13.8 Å². The summed E-state index contributed by atoms with van der Waals surface area (Å²) in [5.74, 6) is -2.50. The molecule has 2 aliphatic rings. The van der Waals surface area contributed by atoms with Gasteiger partial charge in [0.1, 0.15) is 17.1 Å². The summed E-state index contributed by atoms with van der Waals surface area (Å²) in [7, 11) is 0. The summed E-state index contributed by atoms with van der Waals surface area (Å²) in [5, 5.41) is 42.4. The van der Waals surface area contributed by atoms with Crippen LogP contribution < -0.4 is 0 Å². The van der Waals surface area contributed by atoms with Gasteiger partial charge in [0.15, 0.2) is 0 Å². The molecular weight excluding hydrogens is 548 g/mol. The van der Waals surface area contributed by atoms with Gasteiger partial charge in [0.05, 0.1) is 35.6 Å². The minimum absolute atomic E-state index is 0.0138. The van der Waals surface area contributed by atoms with Gasteiger partial charge < -0.3 is 29.9 Å². The minimum Gasteiger partial charge on any atom is -0.507 e. The number of ether oxygens (including phenoxy) is 2. The summed E-state index contributed by atoms with van der Waals surface area (Å²) in [6, 6.07) is 3.49. The number of rotatable bonds is 14. The number of hydrogen-bond donors (Lipinski definition) is 4. The Bertz CT molecular complexity index is 1120. The van der Waals surface area contributed by atoms with Crippen molar-refractivity contribution in [2.24, 2.45) is 23.7 Å². The van der Waals surface area contributed by atoms with Crippen LogP contribution in [0.15, 0.2) is 12.1 Å². The van der Waals surface area contributed by atoms with E-state index in [0.717, 1.165) is 12.8 Å². The van der Waals surface area contributed by atoms with E-state index in [9.17, 15) is 30.0 Å². The second kappa shape index (κ2) is 14.4. The van der Waals surface area contributed by atoms with Crippen molar-refractivity contribution in [3.63, 3.8) is 0 Å². The molecule has 10 atom stereocenters. The number of aliphatic hydroxyl groups is 2. The number of carbonyl (C=O) groups is 2. The highest BCUT2D eigenvalue weighted by Gasteiger charge is 2.55. The molecule has 0 spiro atoms. The van der Waals surface area contributed by atoms with Crippen LogP contribution in [0, 0.1) is 23.7 Å². The number of aliphatic hydroxyl groups excluding tert-OH is 1. The first-order valence-electron chi connectivity index (χ1n) is 16.5. The Labute approximate surface area is 258 Å². The fourth-order valence-electron chi connectivity index (χ4n) is 7.67. The van der Waals surface area contributed by atoms with E-state index in [4.69, 9.17) is 9.47 Å². The van der Waals surface area contributed by atoms with Crippen molar-refractivity contribution in [3.8, 4) is 5.75 Å². The molecule has 2 aliphatic heterocycles. The van der Waals surface area contributed by atoms with Crippen LogP contribution in [0.1, 0.15) is 122 Å². The van der Waals surface area contributed by atoms with Gasteiger partial charge >= 0.3 is 5.97 Å². The molecule has 1 aromatic carbocycles. The smallest absolute Gasteiger partial charge is 0.339 e. The van der Waals surface area contributed by atoms with E-state index in [0.29, 0.717) is 56.1 Å². The molecule has 8 heteroatoms. The van der Waals surface area contributed by atoms with E-state index in [1.165, 1.54) is 0 Å². The average molecular weight is 605 g/mol. The van der Waals surface area contributed by atoms with E-state index in [1.807, 2.05) is 34.6 Å². The zero-order chi connectivity index (χ0) is 32.3. The molecule has 3 rings (SSSR count). The van der Waals surface area contributed by atoms with Crippen molar-refractivity contribution in [2.45, 2.75) is 149 Å². The van der Waals surface area contributed by atoms with Crippen molar-refractivity contribution in [1.82, 2.24) is 0 Å². The zero-order valence-electron chi connectivity index (χ0n) is 27.6. The Hall–Kier alpha value is -2.00. The highest BCUT2D eigenvalue weighted by atomic mass is 16.6. The lowest BCUT2D eigenvalue weighted by Crippen LogP contribution is -2.55. The van der Waals surface area contributed by atoms with Crippen LogP contribution >= 0.6 is 0 Å². The van der Waals surface area contributed by atoms with Gasteiger partial charge in [-0.15, -0.1) is 0 Å². The Morgan fingerprint density at radius 1 is 1.07 bits per heavy atom. The third kappa shape index (κ3) is 7.13. The Morgan fingerprint density at radius 2 is 1.72 bits per heavy atom. The average Bonchev–Trinajstić information content (AvgIpc) is 3.33. The molecule has 0 aliphatic carbocycles. The molecule has 0 radical (unpaired) electrons. The maximum absolute atomic E-state index is 13.9. The highest BCUT2D eigenvalue weighted by molar-refractivity contribution is 5.93. The predicted molar refractivity (Wildman–Crippen MR) is 166 cm³/mol. The first kappa shape index (κ1) is 35.5. The number of aryl methyl sites for hydroxylation is 2. The molecule has 8 nitrogen and oxygen atoms in total. The summed E-state index contributed by atoms with van der Waals surface area (Å²) in [4.78, 5) is 25.8. The van der Waals surface area contributed by atoms with E-state index in [1.54, 1.807) is 19.1 Å². The first-order valence-corrected chi connectivity index (χ1v) is 16.5. The number of benzene rings is 1. The molecule has 244 valence electrons. The number of carboxylic acid groups (broad SMARTS) is 1. The molecule has 2 heterocycles. The second-order valence-corrected chi connectivity index (χ2v) is 13.4. The molecule has 0 bridgehead atoms. The van der Waals surface area contributed by atoms with E-state index in [-0.39, 0.29) is 53.2 Å². The molecule has 1 aromatic rings. The van der Waals surface area contributed by atoms with Gasteiger partial charge in [-0.2, -0.15) is 0 Å². The van der Waals surface area contributed by atoms with E-state index >= 15 is 0 Å². The van der Waals surface area contributed by atoms with Crippen LogP contribution in [0.2, 0.25) is 0 Å². The first-order chi connectivity index (χ1) is 20.2. The summed E-state index contributed by atoms with van der Waals surface area (Å²) < 4.78 is 13.3. The number of ketones is 1. The molecule has 0 aromatic heterocycles. The third-order valence-electron chi connectivity index (χ3n) is 10.9. The molecule has 4 N–H and O–H groups in total. The van der Waals surface area contributed by atoms with Crippen LogP contribution in [0.4, 0.5) is 0 Å². The molecule has 2 saturated heterocycles. The lowest BCUT2D eigenvalue weighted by Gasteiger charge is -2.47. The third-order valence-corrected chi connectivity index (χ3v) is 10.9. The molecular formula is C35H56O8. The minimum atomic E-state index is -1.17. The van der Waals surface area contributed by atoms with Crippen molar-refractivity contribution < 1.29 is 39.5 Å². The predicted octanol–water partition coefficient (Wildman–Crippen LogP) is 6.10. The number of aromatic hydroxyl groups is 1. The quantitative estimate of drug-likeness (QED) is 0.200. The maximum atomic E-state index is 13.9. The van der Waals surface area contributed by atoms with Crippen LogP contribution in [0.5, 0.6) is 5.75 Å². The van der Waals surface area contributed by atoms with Crippen LogP contribution in [-0.2, 0) is 27.1 Å². The fraction of sp³-hybridized carbons (Fsp3) is 0.771. The van der Waals surface area contributed by atoms with Gasteiger partial charge in [0.2, 0.25) is 0 Å². The van der Waals surface area contributed by atoms with Crippen LogP contribution in [0.25, 0.3) is 0 Å². The van der Waals surface area contributed by atoms with Gasteiger partial charge in [-0.25, -0.2) is 4.79 Å². The van der Waals surface area contributed by atoms with Gasteiger partial charge in [0, 0.05) is 11.8 Å². The molecule has 43 heavy (non-hydrogen) atoms. The summed E-state index contributed by atoms with van der Waals surface area (Å²) in [5.41, 5.74) is -0.322. The van der Waals surface area contributed by atoms with Crippen molar-refractivity contribution >= 4 is 11.8 Å². The maximum Gasteiger partial charge on any atom is 0.339 e. The van der Waals surface area contributed by atoms with Crippen molar-refractivity contribution in [1.29, 1.82) is 0 Å². The number of hydrogen-bond acceptors (Lipinski definition) is 7. The van der Waals surface area contributed by atoms with Crippen LogP contribution in [0.3, 0.4) is 0 Å². The lowest BCUT2D eigenvalue weighted by atomic mass is 9.76. The fourth-order valence-corrected chi connectivity index (χ4v) is 7.67. The Balaban J connectivity index is 1.70. The number of carbonyl (C=O) groups excluding carboxylic acids is 1. The summed E-state index contributed by atoms with van der Waals surface area (Å²) in [6.45, 7) is 15.7. The Kier molecular flexibility index (Phi) is 11.9. The molecule has 2 fully saturated rings. The normalized spacial score (nSPS) is 32.2. The van der Waals surface area contributed by atoms with Gasteiger partial charge in [0.25, 0.3) is 0 Å². The largest absolute Gasteiger partial charge is 0.507 e. The van der Waals surface area contributed by atoms with Gasteiger partial charge in [-0.1, -0.05) is 60.6 Å². The Morgan fingerprint density at radius 3 is 2.26 bits per heavy atom. The van der Waals surface area contributed by atoms with Crippen molar-refractivity contribution in [2.75, 3.05) is 0 Å². The monoisotopic (exact) mass is 604 g/mol. The van der Waals surface area contributed by atoms with Crippen molar-refractivity contribution in [3.05, 3.63) is 28.8 Å². The molecule has 0 amide bonds. The standard InChI is InChI=1S/C35H56O8/c1-9-24-15-16-25(28(31(24)38)33(39)40)14-13-20(5)29(36)22(7)30(37)26(10-2)32-21(6)19-35(12-4,43-32)27-17-18-34(41,11-3)23(8)42-27/h15-16,20-23,26-27,29,32,36,38,41H,9-14,17-19H2,1-8H3,(H,39,40)/t20-,21+,22+,23+,26+,27+,29+,32+,34-,35+/m0/s1. The van der Waals surface area contributed by atoms with Crippen LogP contribution in [-0.4, -0.2) is 67.8 Å².